The van der Waals surface area contributed by atoms with Crippen LogP contribution in [0.3, 0.4) is 0 Å². The largest absolute Gasteiger partial charge is 0.744 e. The Balaban J connectivity index is 1.52. The summed E-state index contributed by atoms with van der Waals surface area (Å²) in [6.45, 7) is 0.819. The molecule has 35 nitrogen and oxygen atoms in total. The molecule has 0 spiro atoms. The summed E-state index contributed by atoms with van der Waals surface area (Å²) in [5.41, 5.74) is -3.85. The Morgan fingerprint density at radius 2 is 1.08 bits per heavy atom. The molecule has 0 saturated carbocycles. The molecule has 43 heteroatoms. The monoisotopic (exact) mass is 1620 g/mol. The lowest BCUT2D eigenvalue weighted by Gasteiger charge is -2.30. The first kappa shape index (κ1) is 82.9. The van der Waals surface area contributed by atoms with Crippen LogP contribution >= 0.6 is 0 Å². The number of carbonyl (C=O) groups excluding carboxylic acids is 3. The van der Waals surface area contributed by atoms with E-state index in [2.05, 4.69) is 11.8 Å². The van der Waals surface area contributed by atoms with E-state index in [-0.39, 0.29) is 131 Å². The highest BCUT2D eigenvalue weighted by Gasteiger charge is 2.50. The van der Waals surface area contributed by atoms with Crippen molar-refractivity contribution in [2.45, 2.75) is 95.6 Å². The topological polar surface area (TPSA) is 545 Å². The highest BCUT2D eigenvalue weighted by Crippen LogP contribution is 2.54. The predicted molar refractivity (Wildman–Crippen MR) is 370 cm³/mol. The normalized spacial score (nSPS) is 18.2. The summed E-state index contributed by atoms with van der Waals surface area (Å²) in [7, 11) is -37.7. The highest BCUT2D eigenvalue weighted by molar-refractivity contribution is 7.88. The number of amides is 2. The molecule has 0 aromatic heterocycles. The van der Waals surface area contributed by atoms with Crippen molar-refractivity contribution < 1.29 is 147 Å². The summed E-state index contributed by atoms with van der Waals surface area (Å²) in [5.74, 6) is -2.02. The van der Waals surface area contributed by atoms with Crippen LogP contribution in [0.15, 0.2) is 116 Å². The number of methoxy groups -OCH3 is 2. The van der Waals surface area contributed by atoms with Gasteiger partial charge in [0.1, 0.15) is 43.5 Å². The van der Waals surface area contributed by atoms with Crippen LogP contribution in [0.25, 0.3) is 21.5 Å². The molecule has 3 aliphatic heterocycles. The van der Waals surface area contributed by atoms with Crippen molar-refractivity contribution in [3.8, 4) is 23.3 Å². The number of hydrogen-bond acceptors (Lipinski definition) is 26. The Bertz CT molecular complexity index is 5490. The van der Waals surface area contributed by atoms with Crippen molar-refractivity contribution >= 4 is 137 Å². The molecule has 572 valence electrons. The lowest BCUT2D eigenvalue weighted by Crippen LogP contribution is -2.33. The Labute approximate surface area is 604 Å². The number of anilines is 1. The molecule has 7 N–H and O–H groups in total. The number of benzene rings is 5. The van der Waals surface area contributed by atoms with E-state index in [1.807, 2.05) is 0 Å². The number of hydrogen-bond donors (Lipinski definition) is 7. The van der Waals surface area contributed by atoms with Gasteiger partial charge in [-0.25, -0.2) is 13.2 Å². The van der Waals surface area contributed by atoms with Crippen molar-refractivity contribution in [1.29, 1.82) is 0 Å². The Morgan fingerprint density at radius 3 is 1.58 bits per heavy atom. The fourth-order valence-corrected chi connectivity index (χ4v) is 17.1. The lowest BCUT2D eigenvalue weighted by molar-refractivity contribution is -0.437. The molecule has 5 aromatic carbocycles. The number of hydroxylamine groups is 2. The van der Waals surface area contributed by atoms with Gasteiger partial charge in [0.15, 0.2) is 5.71 Å². The molecule has 2 amide bonds. The molecule has 0 aliphatic carbocycles. The van der Waals surface area contributed by atoms with Crippen LogP contribution in [-0.4, -0.2) is 214 Å². The molecule has 105 heavy (non-hydrogen) atoms. The van der Waals surface area contributed by atoms with Gasteiger partial charge in [-0.3, -0.25) is 41.5 Å². The fourth-order valence-electron chi connectivity index (χ4n) is 12.4. The molecule has 0 radical (unpaired) electrons. The number of carbonyl (C=O) groups is 3. The summed E-state index contributed by atoms with van der Waals surface area (Å²) in [6, 6.07) is 9.68. The number of imide groups is 1. The molecular weight excluding hydrogens is 1560 g/mol. The molecule has 1 saturated heterocycles. The maximum atomic E-state index is 14.0. The molecule has 2 atom stereocenters. The molecule has 5 aromatic rings. The number of ether oxygens (including phenoxy) is 4. The standard InChI is InChI=1S/C62H69N3O32S8/c1-61(21-27-93-3)54(63(23-5-29-98(69,70)71)48-15-13-43-46(58(48)61)35-41(102(81,82)83)37-52(43)104(87,88)89)17-10-39(9-12-45-50(95-25-7-31-100(75,76)77)33-40(34-51(45)96-26-8-32-101(78,79)80)60(68)97-65-56(66)19-20-57(65)67)11-18-55-62(2,22-28-94-4)59-47-36-42(103(84,85)86)38-53(105(90,91)92)44(47)14-16-49(59)64(55)24-6-30-99(72,73)74/h10-11,13-18,33-38H,5-8,19-32H2,1-4H3,(H7-,69,70,71,72,73,74,75,76,77,78,79,80,81,82,83,84,85,86,87,88,89,90,91,92). The maximum Gasteiger partial charge on any atom is 0.364 e. The number of rotatable bonds is 33. The van der Waals surface area contributed by atoms with E-state index in [1.165, 1.54) is 72.3 Å². The van der Waals surface area contributed by atoms with Gasteiger partial charge >= 0.3 is 5.97 Å². The Morgan fingerprint density at radius 1 is 0.590 bits per heavy atom. The van der Waals surface area contributed by atoms with E-state index in [9.17, 15) is 118 Å². The third-order valence-corrected chi connectivity index (χ3v) is 23.7. The van der Waals surface area contributed by atoms with Crippen LogP contribution < -0.4 is 14.4 Å². The third kappa shape index (κ3) is 20.1. The first-order chi connectivity index (χ1) is 48.5. The van der Waals surface area contributed by atoms with E-state index < -0.39 is 201 Å². The third-order valence-electron chi connectivity index (χ3n) is 17.1. The molecule has 2 unspecified atom stereocenters. The summed E-state index contributed by atoms with van der Waals surface area (Å²) in [5, 5.41) is -0.876. The second-order valence-electron chi connectivity index (χ2n) is 24.5. The minimum atomic E-state index is -5.55. The zero-order chi connectivity index (χ0) is 78.0. The van der Waals surface area contributed by atoms with Gasteiger partial charge in [-0.2, -0.15) is 63.5 Å². The zero-order valence-corrected chi connectivity index (χ0v) is 62.3. The number of nitrogens with zero attached hydrogens (tertiary/aromatic N) is 3. The number of fused-ring (bicyclic) bond motifs is 6. The van der Waals surface area contributed by atoms with Crippen LogP contribution in [-0.2, 0) is 116 Å². The summed E-state index contributed by atoms with van der Waals surface area (Å²) < 4.78 is 310. The second-order valence-corrected chi connectivity index (χ2v) is 36.4. The minimum absolute atomic E-state index is 0.0565. The van der Waals surface area contributed by atoms with Gasteiger partial charge in [-0.1, -0.05) is 17.9 Å². The van der Waals surface area contributed by atoms with E-state index in [0.717, 1.165) is 24.3 Å². The first-order valence-electron chi connectivity index (χ1n) is 31.0. The van der Waals surface area contributed by atoms with Crippen molar-refractivity contribution in [2.24, 2.45) is 0 Å². The van der Waals surface area contributed by atoms with Crippen molar-refractivity contribution in [3.63, 3.8) is 0 Å². The van der Waals surface area contributed by atoms with Gasteiger partial charge in [-0.05, 0) is 129 Å². The van der Waals surface area contributed by atoms with Gasteiger partial charge in [0, 0.05) is 104 Å². The summed E-state index contributed by atoms with van der Waals surface area (Å²) in [4.78, 5) is 41.8. The smallest absolute Gasteiger partial charge is 0.364 e. The van der Waals surface area contributed by atoms with Crippen LogP contribution in [0.4, 0.5) is 11.4 Å². The van der Waals surface area contributed by atoms with E-state index in [0.29, 0.717) is 12.1 Å². The van der Waals surface area contributed by atoms with Gasteiger partial charge in [0.25, 0.3) is 82.6 Å². The van der Waals surface area contributed by atoms with Crippen LogP contribution in [0, 0.1) is 11.8 Å². The maximum absolute atomic E-state index is 14.0. The van der Waals surface area contributed by atoms with Crippen LogP contribution in [0.1, 0.15) is 92.3 Å². The molecule has 3 heterocycles. The van der Waals surface area contributed by atoms with Crippen LogP contribution in [0.5, 0.6) is 11.5 Å². The van der Waals surface area contributed by atoms with Gasteiger partial charge < -0.3 is 33.2 Å². The van der Waals surface area contributed by atoms with E-state index in [1.54, 1.807) is 13.8 Å². The van der Waals surface area contributed by atoms with Gasteiger partial charge in [0.05, 0.1) is 57.0 Å². The summed E-state index contributed by atoms with van der Waals surface area (Å²) in [6.07, 6.45) is 2.66. The molecule has 3 aliphatic rings. The first-order valence-corrected chi connectivity index (χ1v) is 43.1. The zero-order valence-electron chi connectivity index (χ0n) is 55.8. The predicted octanol–water partition coefficient (Wildman–Crippen LogP) is 4.35. The van der Waals surface area contributed by atoms with Gasteiger partial charge in [-0.15, -0.1) is 5.06 Å². The van der Waals surface area contributed by atoms with Crippen molar-refractivity contribution in [2.75, 3.05) is 81.6 Å². The molecule has 0 bridgehead atoms. The van der Waals surface area contributed by atoms with Gasteiger partial charge in [0.2, 0.25) is 5.69 Å². The Kier molecular flexibility index (Phi) is 25.0. The average Bonchev–Trinajstić information content (AvgIpc) is 1.60. The molecule has 8 rings (SSSR count). The highest BCUT2D eigenvalue weighted by atomic mass is 32.2. The number of allylic oxidation sites excluding steroid dienone is 6. The average molecular weight is 1620 g/mol. The molecule has 1 fully saturated rings. The quantitative estimate of drug-likeness (QED) is 0.00766. The SMILES string of the molecule is COCCC1(C)C(/C=C/C(C#Cc2c(OCCCS(=O)(=O)O)cc(C(=O)ON3C(=O)CCC3=O)cc2OCCCS(=O)(=O)O)=C/C=C2/N(CCCS(=O)(=O)O)c3ccc4c(S(=O)(=O)O)cc(S(=O)(=O)[O-])cc4c3C2(C)CCOC)=[N+](CCCS(=O)(=O)O)c2ccc3c(S(=O)(=O)O)cc(S(=O)(=O)O)cc3c21. The Hall–Kier alpha value is -7.72. The summed E-state index contributed by atoms with van der Waals surface area (Å²) >= 11 is 0. The van der Waals surface area contributed by atoms with Crippen molar-refractivity contribution in [1.82, 2.24) is 5.06 Å². The fraction of sp³-hybridized carbons (Fsp3) is 0.387. The lowest BCUT2D eigenvalue weighted by atomic mass is 9.74. The molecular formula is C62H69N3O32S8. The minimum Gasteiger partial charge on any atom is -0.744 e. The van der Waals surface area contributed by atoms with E-state index in [4.69, 9.17) is 23.8 Å². The van der Waals surface area contributed by atoms with Crippen LogP contribution in [0.2, 0.25) is 0 Å². The van der Waals surface area contributed by atoms with E-state index >= 15 is 0 Å². The van der Waals surface area contributed by atoms with Crippen molar-refractivity contribution in [3.05, 3.63) is 118 Å². The second kappa shape index (κ2) is 31.6.